The van der Waals surface area contributed by atoms with Crippen LogP contribution in [0.5, 0.6) is 0 Å². The predicted molar refractivity (Wildman–Crippen MR) is 99.0 cm³/mol. The SMILES string of the molecule is CC(C)CNCc1ccccc1S(=O)(=O)n1ccc(/C=C/C(=O)NO)c1. The van der Waals surface area contributed by atoms with Crippen molar-refractivity contribution in [3.63, 3.8) is 0 Å². The molecule has 0 aliphatic rings. The molecule has 0 atom stereocenters. The highest BCUT2D eigenvalue weighted by atomic mass is 32.2. The number of carbonyl (C=O) groups is 1. The second-order valence-corrected chi connectivity index (χ2v) is 8.03. The van der Waals surface area contributed by atoms with Gasteiger partial charge in [0.05, 0.1) is 4.90 Å². The Morgan fingerprint density at radius 1 is 1.27 bits per heavy atom. The van der Waals surface area contributed by atoms with E-state index in [1.54, 1.807) is 24.3 Å². The summed E-state index contributed by atoms with van der Waals surface area (Å²) >= 11 is 0. The molecule has 140 valence electrons. The van der Waals surface area contributed by atoms with Crippen molar-refractivity contribution >= 4 is 22.0 Å². The molecule has 8 heteroatoms. The lowest BCUT2D eigenvalue weighted by Crippen LogP contribution is -2.21. The second kappa shape index (κ2) is 8.79. The fraction of sp³-hybridized carbons (Fsp3) is 0.278. The van der Waals surface area contributed by atoms with Crippen molar-refractivity contribution in [2.75, 3.05) is 6.54 Å². The number of benzene rings is 1. The maximum atomic E-state index is 13.0. The molecule has 0 spiro atoms. The summed E-state index contributed by atoms with van der Waals surface area (Å²) in [4.78, 5) is 11.3. The number of hydrogen-bond acceptors (Lipinski definition) is 5. The molecule has 2 rings (SSSR count). The van der Waals surface area contributed by atoms with Crippen molar-refractivity contribution in [3.05, 3.63) is 59.9 Å². The largest absolute Gasteiger partial charge is 0.312 e. The zero-order chi connectivity index (χ0) is 19.2. The van der Waals surface area contributed by atoms with Gasteiger partial charge in [-0.2, -0.15) is 0 Å². The van der Waals surface area contributed by atoms with Crippen LogP contribution in [0.15, 0.2) is 53.7 Å². The second-order valence-electron chi connectivity index (χ2n) is 6.22. The molecule has 2 aromatic rings. The van der Waals surface area contributed by atoms with Crippen LogP contribution in [0.25, 0.3) is 6.08 Å². The zero-order valence-electron chi connectivity index (χ0n) is 14.7. The van der Waals surface area contributed by atoms with E-state index in [4.69, 9.17) is 5.21 Å². The van der Waals surface area contributed by atoms with Gasteiger partial charge >= 0.3 is 0 Å². The third-order valence-corrected chi connectivity index (χ3v) is 5.36. The van der Waals surface area contributed by atoms with E-state index in [-0.39, 0.29) is 4.90 Å². The van der Waals surface area contributed by atoms with Gasteiger partial charge in [0.15, 0.2) is 0 Å². The van der Waals surface area contributed by atoms with Crippen molar-refractivity contribution in [2.45, 2.75) is 25.3 Å². The molecule has 7 nitrogen and oxygen atoms in total. The van der Waals surface area contributed by atoms with E-state index in [9.17, 15) is 13.2 Å². The van der Waals surface area contributed by atoms with Gasteiger partial charge in [0.1, 0.15) is 0 Å². The smallest absolute Gasteiger partial charge is 0.267 e. The van der Waals surface area contributed by atoms with Crippen molar-refractivity contribution in [2.24, 2.45) is 5.92 Å². The summed E-state index contributed by atoms with van der Waals surface area (Å²) in [5, 5.41) is 11.7. The van der Waals surface area contributed by atoms with Gasteiger partial charge in [0.2, 0.25) is 0 Å². The minimum atomic E-state index is -3.75. The van der Waals surface area contributed by atoms with Crippen LogP contribution >= 0.6 is 0 Å². The summed E-state index contributed by atoms with van der Waals surface area (Å²) in [5.74, 6) is -0.226. The van der Waals surface area contributed by atoms with Gasteiger partial charge < -0.3 is 5.32 Å². The molecular formula is C18H23N3O4S. The first kappa shape index (κ1) is 19.9. The number of carbonyl (C=O) groups excluding carboxylic acids is 1. The molecule has 0 unspecified atom stereocenters. The average molecular weight is 377 g/mol. The third-order valence-electron chi connectivity index (χ3n) is 3.62. The highest BCUT2D eigenvalue weighted by Crippen LogP contribution is 2.20. The van der Waals surface area contributed by atoms with E-state index < -0.39 is 15.9 Å². The monoisotopic (exact) mass is 377 g/mol. The fourth-order valence-corrected chi connectivity index (χ4v) is 3.79. The summed E-state index contributed by atoms with van der Waals surface area (Å²) in [7, 11) is -3.75. The molecule has 1 amide bonds. The van der Waals surface area contributed by atoms with Crippen molar-refractivity contribution in [1.82, 2.24) is 14.8 Å². The van der Waals surface area contributed by atoms with Crippen LogP contribution in [0.3, 0.4) is 0 Å². The zero-order valence-corrected chi connectivity index (χ0v) is 15.5. The summed E-state index contributed by atoms with van der Waals surface area (Å²) in [6.45, 7) is 5.42. The molecule has 26 heavy (non-hydrogen) atoms. The number of hydroxylamine groups is 1. The normalized spacial score (nSPS) is 12.0. The van der Waals surface area contributed by atoms with Crippen LogP contribution in [-0.4, -0.2) is 30.0 Å². The Morgan fingerprint density at radius 3 is 2.69 bits per heavy atom. The van der Waals surface area contributed by atoms with E-state index in [2.05, 4.69) is 19.2 Å². The Morgan fingerprint density at radius 2 is 2.00 bits per heavy atom. The van der Waals surface area contributed by atoms with E-state index in [1.165, 1.54) is 23.9 Å². The van der Waals surface area contributed by atoms with Gasteiger partial charge in [-0.1, -0.05) is 32.0 Å². The maximum absolute atomic E-state index is 13.0. The molecule has 3 N–H and O–H groups in total. The molecule has 0 saturated heterocycles. The minimum absolute atomic E-state index is 0.232. The number of hydrogen-bond donors (Lipinski definition) is 3. The first-order chi connectivity index (χ1) is 12.3. The van der Waals surface area contributed by atoms with Crippen LogP contribution in [-0.2, 0) is 21.4 Å². The lowest BCUT2D eigenvalue weighted by atomic mass is 10.2. The summed E-state index contributed by atoms with van der Waals surface area (Å²) in [6, 6.07) is 8.43. The molecule has 1 heterocycles. The van der Waals surface area contributed by atoms with E-state index >= 15 is 0 Å². The molecule has 1 aromatic heterocycles. The quantitative estimate of drug-likeness (QED) is 0.371. The first-order valence-corrected chi connectivity index (χ1v) is 9.63. The molecule has 0 saturated carbocycles. The lowest BCUT2D eigenvalue weighted by molar-refractivity contribution is -0.124. The number of nitrogens with one attached hydrogen (secondary N) is 2. The molecule has 0 aliphatic heterocycles. The van der Waals surface area contributed by atoms with Crippen molar-refractivity contribution < 1.29 is 18.4 Å². The van der Waals surface area contributed by atoms with Gasteiger partial charge in [-0.15, -0.1) is 0 Å². The molecule has 0 aliphatic carbocycles. The predicted octanol–water partition coefficient (Wildman–Crippen LogP) is 1.99. The maximum Gasteiger partial charge on any atom is 0.267 e. The molecule has 1 aromatic carbocycles. The topological polar surface area (TPSA) is 100 Å². The number of aromatic nitrogens is 1. The molecule has 0 radical (unpaired) electrons. The fourth-order valence-electron chi connectivity index (χ4n) is 2.36. The first-order valence-electron chi connectivity index (χ1n) is 8.19. The number of rotatable bonds is 8. The Hall–Kier alpha value is -2.42. The van der Waals surface area contributed by atoms with Crippen LogP contribution in [0.4, 0.5) is 0 Å². The minimum Gasteiger partial charge on any atom is -0.312 e. The third kappa shape index (κ3) is 5.04. The van der Waals surface area contributed by atoms with Crippen LogP contribution in [0.2, 0.25) is 0 Å². The molecule has 0 bridgehead atoms. The van der Waals surface area contributed by atoms with Crippen LogP contribution in [0, 0.1) is 5.92 Å². The summed E-state index contributed by atoms with van der Waals surface area (Å²) in [5.41, 5.74) is 2.69. The Bertz CT molecular complexity index is 885. The number of nitrogens with zero attached hydrogens (tertiary/aromatic N) is 1. The Balaban J connectivity index is 2.26. The number of amides is 1. The van der Waals surface area contributed by atoms with Gasteiger partial charge in [0.25, 0.3) is 15.9 Å². The Kier molecular flexibility index (Phi) is 6.73. The lowest BCUT2D eigenvalue weighted by Gasteiger charge is -2.13. The van der Waals surface area contributed by atoms with Gasteiger partial charge in [-0.3, -0.25) is 10.0 Å². The standard InChI is InChI=1S/C18H23N3O4S/c1-14(2)11-19-12-16-5-3-4-6-17(16)26(24,25)21-10-9-15(13-21)7-8-18(22)20-23/h3-10,13-14,19,23H,11-12H2,1-2H3,(H,20,22)/b8-7+. The highest BCUT2D eigenvalue weighted by molar-refractivity contribution is 7.90. The highest BCUT2D eigenvalue weighted by Gasteiger charge is 2.20. The molecule has 0 fully saturated rings. The molecular weight excluding hydrogens is 354 g/mol. The van der Waals surface area contributed by atoms with Crippen molar-refractivity contribution in [3.8, 4) is 0 Å². The van der Waals surface area contributed by atoms with E-state index in [1.807, 2.05) is 6.07 Å². The van der Waals surface area contributed by atoms with Gasteiger partial charge in [-0.05, 0) is 41.8 Å². The van der Waals surface area contributed by atoms with E-state index in [0.717, 1.165) is 16.6 Å². The summed E-state index contributed by atoms with van der Waals surface area (Å²) < 4.78 is 27.0. The van der Waals surface area contributed by atoms with Gasteiger partial charge in [-0.25, -0.2) is 17.9 Å². The van der Waals surface area contributed by atoms with Gasteiger partial charge in [0, 0.05) is 25.0 Å². The van der Waals surface area contributed by atoms with Crippen LogP contribution < -0.4 is 10.8 Å². The van der Waals surface area contributed by atoms with Crippen LogP contribution in [0.1, 0.15) is 25.0 Å². The Labute approximate surface area is 153 Å². The van der Waals surface area contributed by atoms with Crippen molar-refractivity contribution in [1.29, 1.82) is 0 Å². The summed E-state index contributed by atoms with van der Waals surface area (Å²) in [6.07, 6.45) is 5.35. The average Bonchev–Trinajstić information content (AvgIpc) is 3.09. The van der Waals surface area contributed by atoms with E-state index in [0.29, 0.717) is 23.6 Å².